The molecule has 0 radical (unpaired) electrons. The van der Waals surface area contributed by atoms with Crippen LogP contribution in [0.25, 0.3) is 0 Å². The van der Waals surface area contributed by atoms with E-state index in [1.54, 1.807) is 0 Å². The van der Waals surface area contributed by atoms with Crippen molar-refractivity contribution < 1.29 is 9.90 Å². The van der Waals surface area contributed by atoms with Crippen molar-refractivity contribution in [3.63, 3.8) is 0 Å². The van der Waals surface area contributed by atoms with Crippen molar-refractivity contribution in [1.29, 1.82) is 0 Å². The first kappa shape index (κ1) is 25.4. The van der Waals surface area contributed by atoms with Crippen LogP contribution in [0.2, 0.25) is 0 Å². The van der Waals surface area contributed by atoms with E-state index in [2.05, 4.69) is 11.8 Å². The minimum Gasteiger partial charge on any atom is -0.481 e. The van der Waals surface area contributed by atoms with Gasteiger partial charge in [0, 0.05) is 6.54 Å². The third-order valence-electron chi connectivity index (χ3n) is 5.35. The Bertz CT molecular complexity index is 294. The molecule has 0 saturated carbocycles. The molecule has 156 valence electrons. The zero-order chi connectivity index (χ0) is 19.3. The Morgan fingerprint density at radius 2 is 0.962 bits per heavy atom. The molecule has 0 aromatic carbocycles. The smallest absolute Gasteiger partial charge is 0.304 e. The van der Waals surface area contributed by atoms with E-state index in [1.807, 2.05) is 7.05 Å². The molecule has 0 aliphatic rings. The lowest BCUT2D eigenvalue weighted by Crippen LogP contribution is -2.22. The molecule has 0 aliphatic carbocycles. The van der Waals surface area contributed by atoms with E-state index in [0.717, 1.165) is 6.54 Å². The van der Waals surface area contributed by atoms with Gasteiger partial charge in [0.1, 0.15) is 0 Å². The quantitative estimate of drug-likeness (QED) is 0.220. The van der Waals surface area contributed by atoms with Gasteiger partial charge < -0.3 is 10.0 Å². The number of unbranched alkanes of at least 4 members (excludes halogenated alkanes) is 16. The molecule has 0 saturated heterocycles. The summed E-state index contributed by atoms with van der Waals surface area (Å²) in [6, 6.07) is 0. The lowest BCUT2D eigenvalue weighted by molar-refractivity contribution is -0.137. The third kappa shape index (κ3) is 21.5. The summed E-state index contributed by atoms with van der Waals surface area (Å²) in [5.74, 6) is -0.695. The van der Waals surface area contributed by atoms with Crippen molar-refractivity contribution in [2.24, 2.45) is 0 Å². The summed E-state index contributed by atoms with van der Waals surface area (Å²) in [6.45, 7) is 3.99. The van der Waals surface area contributed by atoms with Crippen molar-refractivity contribution in [2.45, 2.75) is 122 Å². The maximum atomic E-state index is 10.5. The van der Waals surface area contributed by atoms with Gasteiger partial charge >= 0.3 is 5.97 Å². The van der Waals surface area contributed by atoms with Crippen LogP contribution in [0, 0.1) is 0 Å². The van der Waals surface area contributed by atoms with Gasteiger partial charge in [-0.05, 0) is 20.0 Å². The van der Waals surface area contributed by atoms with Gasteiger partial charge in [0.15, 0.2) is 0 Å². The normalized spacial score (nSPS) is 11.3. The van der Waals surface area contributed by atoms with Crippen LogP contribution in [0.15, 0.2) is 0 Å². The molecule has 0 spiro atoms. The Morgan fingerprint density at radius 3 is 1.31 bits per heavy atom. The molecule has 0 heterocycles. The van der Waals surface area contributed by atoms with Crippen LogP contribution >= 0.6 is 0 Å². The van der Waals surface area contributed by atoms with Crippen molar-refractivity contribution in [3.8, 4) is 0 Å². The molecule has 0 aliphatic heterocycles. The lowest BCUT2D eigenvalue weighted by atomic mass is 10.0. The molecule has 3 heteroatoms. The standard InChI is InChI=1S/C23H47NO2/c1-3-4-5-6-7-8-9-10-11-12-13-14-15-16-17-18-19-21-24(2)22-20-23(25)26/h3-22H2,1-2H3,(H,25,26). The fraction of sp³-hybridized carbons (Fsp3) is 0.957. The Hall–Kier alpha value is -0.570. The topological polar surface area (TPSA) is 40.5 Å². The molecule has 0 rings (SSSR count). The van der Waals surface area contributed by atoms with Gasteiger partial charge in [0.2, 0.25) is 0 Å². The van der Waals surface area contributed by atoms with Crippen LogP contribution in [0.5, 0.6) is 0 Å². The molecule has 0 fully saturated rings. The Labute approximate surface area is 163 Å². The highest BCUT2D eigenvalue weighted by molar-refractivity contribution is 5.66. The summed E-state index contributed by atoms with van der Waals surface area (Å²) < 4.78 is 0. The van der Waals surface area contributed by atoms with Gasteiger partial charge in [-0.1, -0.05) is 110 Å². The van der Waals surface area contributed by atoms with Crippen molar-refractivity contribution >= 4 is 5.97 Å². The van der Waals surface area contributed by atoms with E-state index in [9.17, 15) is 4.79 Å². The number of hydrogen-bond acceptors (Lipinski definition) is 2. The first-order chi connectivity index (χ1) is 12.7. The molecule has 0 unspecified atom stereocenters. The highest BCUT2D eigenvalue weighted by Crippen LogP contribution is 2.14. The first-order valence-corrected chi connectivity index (χ1v) is 11.6. The number of nitrogens with zero attached hydrogens (tertiary/aromatic N) is 1. The van der Waals surface area contributed by atoms with Crippen LogP contribution in [-0.4, -0.2) is 36.1 Å². The van der Waals surface area contributed by atoms with Crippen molar-refractivity contribution in [1.82, 2.24) is 4.90 Å². The molecule has 0 bridgehead atoms. The maximum Gasteiger partial charge on any atom is 0.304 e. The largest absolute Gasteiger partial charge is 0.481 e. The average Bonchev–Trinajstić information content (AvgIpc) is 2.62. The fourth-order valence-corrected chi connectivity index (χ4v) is 3.50. The summed E-state index contributed by atoms with van der Waals surface area (Å²) >= 11 is 0. The highest BCUT2D eigenvalue weighted by Gasteiger charge is 2.02. The molecule has 0 amide bonds. The molecule has 1 N–H and O–H groups in total. The lowest BCUT2D eigenvalue weighted by Gasteiger charge is -2.14. The fourth-order valence-electron chi connectivity index (χ4n) is 3.50. The molecule has 0 aromatic heterocycles. The van der Waals surface area contributed by atoms with Crippen LogP contribution in [0.3, 0.4) is 0 Å². The van der Waals surface area contributed by atoms with E-state index in [0.29, 0.717) is 6.54 Å². The SMILES string of the molecule is CCCCCCCCCCCCCCCCCCCN(C)CCC(=O)O. The Balaban J connectivity index is 3.08. The van der Waals surface area contributed by atoms with Gasteiger partial charge in [-0.25, -0.2) is 0 Å². The van der Waals surface area contributed by atoms with Gasteiger partial charge in [-0.15, -0.1) is 0 Å². The van der Waals surface area contributed by atoms with E-state index < -0.39 is 5.97 Å². The summed E-state index contributed by atoms with van der Waals surface area (Å²) in [5.41, 5.74) is 0. The zero-order valence-electron chi connectivity index (χ0n) is 17.9. The number of hydrogen-bond donors (Lipinski definition) is 1. The molecule has 3 nitrogen and oxygen atoms in total. The first-order valence-electron chi connectivity index (χ1n) is 11.6. The maximum absolute atomic E-state index is 10.5. The molecular formula is C23H47NO2. The number of aliphatic carboxylic acids is 1. The number of carboxylic acid groups (broad SMARTS) is 1. The van der Waals surface area contributed by atoms with Crippen molar-refractivity contribution in [3.05, 3.63) is 0 Å². The van der Waals surface area contributed by atoms with Crippen molar-refractivity contribution in [2.75, 3.05) is 20.1 Å². The minimum absolute atomic E-state index is 0.259. The van der Waals surface area contributed by atoms with Gasteiger partial charge in [-0.3, -0.25) is 4.79 Å². The zero-order valence-corrected chi connectivity index (χ0v) is 17.9. The predicted molar refractivity (Wildman–Crippen MR) is 114 cm³/mol. The summed E-state index contributed by atoms with van der Waals surface area (Å²) in [5, 5.41) is 8.66. The van der Waals surface area contributed by atoms with E-state index in [-0.39, 0.29) is 6.42 Å². The molecule has 0 atom stereocenters. The third-order valence-corrected chi connectivity index (χ3v) is 5.35. The Morgan fingerprint density at radius 1 is 0.615 bits per heavy atom. The highest BCUT2D eigenvalue weighted by atomic mass is 16.4. The summed E-state index contributed by atoms with van der Waals surface area (Å²) in [7, 11) is 2.02. The van der Waals surface area contributed by atoms with Crippen LogP contribution in [0.1, 0.15) is 122 Å². The second-order valence-corrected chi connectivity index (χ2v) is 8.10. The van der Waals surface area contributed by atoms with E-state index in [4.69, 9.17) is 5.11 Å². The Kier molecular flexibility index (Phi) is 20.3. The monoisotopic (exact) mass is 369 g/mol. The van der Waals surface area contributed by atoms with Gasteiger partial charge in [0.25, 0.3) is 0 Å². The molecule has 26 heavy (non-hydrogen) atoms. The predicted octanol–water partition coefficient (Wildman–Crippen LogP) is 7.04. The van der Waals surface area contributed by atoms with Crippen LogP contribution in [0.4, 0.5) is 0 Å². The number of rotatable bonds is 21. The van der Waals surface area contributed by atoms with Gasteiger partial charge in [-0.2, -0.15) is 0 Å². The average molecular weight is 370 g/mol. The second-order valence-electron chi connectivity index (χ2n) is 8.10. The minimum atomic E-state index is -0.695. The number of carbonyl (C=O) groups is 1. The van der Waals surface area contributed by atoms with E-state index >= 15 is 0 Å². The molecular weight excluding hydrogens is 322 g/mol. The molecule has 0 aromatic rings. The van der Waals surface area contributed by atoms with E-state index in [1.165, 1.54) is 109 Å². The summed E-state index contributed by atoms with van der Waals surface area (Å²) in [4.78, 5) is 12.6. The second kappa shape index (κ2) is 20.7. The number of carboxylic acids is 1. The summed E-state index contributed by atoms with van der Waals surface area (Å²) in [6.07, 6.45) is 24.0. The van der Waals surface area contributed by atoms with Crippen LogP contribution < -0.4 is 0 Å². The van der Waals surface area contributed by atoms with Crippen LogP contribution in [-0.2, 0) is 4.79 Å². The van der Waals surface area contributed by atoms with Gasteiger partial charge in [0.05, 0.1) is 6.42 Å².